The molecule has 0 radical (unpaired) electrons. The van der Waals surface area contributed by atoms with Crippen molar-refractivity contribution in [3.8, 4) is 11.6 Å². The summed E-state index contributed by atoms with van der Waals surface area (Å²) in [5.74, 6) is 1.30. The maximum absolute atomic E-state index is 12.9. The van der Waals surface area contributed by atoms with E-state index in [1.165, 1.54) is 31.4 Å². The van der Waals surface area contributed by atoms with Gasteiger partial charge in [0.2, 0.25) is 5.88 Å². The first-order chi connectivity index (χ1) is 11.7. The van der Waals surface area contributed by atoms with Gasteiger partial charge in [0.25, 0.3) is 0 Å². The van der Waals surface area contributed by atoms with Crippen molar-refractivity contribution in [2.24, 2.45) is 10.7 Å². The van der Waals surface area contributed by atoms with Gasteiger partial charge >= 0.3 is 0 Å². The Balaban J connectivity index is 0.00000225. The number of nitrogens with two attached hydrogens (primary N) is 1. The molecule has 25 heavy (non-hydrogen) atoms. The van der Waals surface area contributed by atoms with E-state index in [0.29, 0.717) is 24.1 Å². The number of rotatable bonds is 4. The molecule has 0 unspecified atom stereocenters. The summed E-state index contributed by atoms with van der Waals surface area (Å²) in [6.45, 7) is 2.46. The van der Waals surface area contributed by atoms with Gasteiger partial charge in [0.05, 0.1) is 6.54 Å². The fraction of sp³-hybridized carbons (Fsp3) is 0.333. The number of piperidine rings is 1. The average Bonchev–Trinajstić information content (AvgIpc) is 2.63. The number of hydrogen-bond acceptors (Lipinski definition) is 3. The Morgan fingerprint density at radius 2 is 1.84 bits per heavy atom. The Labute approximate surface area is 164 Å². The maximum Gasteiger partial charge on any atom is 0.219 e. The van der Waals surface area contributed by atoms with Gasteiger partial charge in [0.15, 0.2) is 5.96 Å². The molecular formula is C18H22FIN4O. The van der Waals surface area contributed by atoms with Crippen LogP contribution in [-0.4, -0.2) is 28.9 Å². The van der Waals surface area contributed by atoms with Crippen LogP contribution in [0.25, 0.3) is 0 Å². The average molecular weight is 456 g/mol. The highest BCUT2D eigenvalue weighted by atomic mass is 127. The summed E-state index contributed by atoms with van der Waals surface area (Å²) in [5.41, 5.74) is 7.00. The predicted octanol–water partition coefficient (Wildman–Crippen LogP) is 3.93. The molecule has 2 aromatic rings. The third-order valence-electron chi connectivity index (χ3n) is 3.94. The van der Waals surface area contributed by atoms with Crippen molar-refractivity contribution in [1.82, 2.24) is 9.88 Å². The maximum atomic E-state index is 12.9. The highest BCUT2D eigenvalue weighted by Crippen LogP contribution is 2.19. The number of pyridine rings is 1. The number of aliphatic imine (C=N–C) groups is 1. The van der Waals surface area contributed by atoms with Gasteiger partial charge in [-0.3, -0.25) is 0 Å². The van der Waals surface area contributed by atoms with Gasteiger partial charge in [-0.25, -0.2) is 14.4 Å². The summed E-state index contributed by atoms with van der Waals surface area (Å²) in [4.78, 5) is 10.8. The van der Waals surface area contributed by atoms with E-state index in [1.54, 1.807) is 24.4 Å². The summed E-state index contributed by atoms with van der Waals surface area (Å²) in [6.07, 6.45) is 5.33. The van der Waals surface area contributed by atoms with Crippen LogP contribution in [0, 0.1) is 5.82 Å². The largest absolute Gasteiger partial charge is 0.439 e. The van der Waals surface area contributed by atoms with Crippen molar-refractivity contribution >= 4 is 29.9 Å². The number of guanidine groups is 1. The Bertz CT molecular complexity index is 685. The molecule has 134 valence electrons. The van der Waals surface area contributed by atoms with Crippen LogP contribution in [0.3, 0.4) is 0 Å². The second-order valence-corrected chi connectivity index (χ2v) is 5.78. The van der Waals surface area contributed by atoms with Crippen LogP contribution >= 0.6 is 24.0 Å². The van der Waals surface area contributed by atoms with E-state index < -0.39 is 0 Å². The number of likely N-dealkylation sites (tertiary alicyclic amines) is 1. The zero-order valence-electron chi connectivity index (χ0n) is 13.9. The van der Waals surface area contributed by atoms with Crippen LogP contribution in [0.5, 0.6) is 11.6 Å². The molecule has 0 amide bonds. The van der Waals surface area contributed by atoms with E-state index in [9.17, 15) is 4.39 Å². The minimum atomic E-state index is -0.296. The number of benzene rings is 1. The van der Waals surface area contributed by atoms with Crippen molar-refractivity contribution in [2.45, 2.75) is 25.8 Å². The Morgan fingerprint density at radius 1 is 1.12 bits per heavy atom. The van der Waals surface area contributed by atoms with Gasteiger partial charge in [0, 0.05) is 25.4 Å². The van der Waals surface area contributed by atoms with Gasteiger partial charge in [-0.2, -0.15) is 0 Å². The lowest BCUT2D eigenvalue weighted by atomic mass is 10.1. The Morgan fingerprint density at radius 3 is 2.48 bits per heavy atom. The number of aromatic nitrogens is 1. The molecule has 1 aliphatic rings. The minimum Gasteiger partial charge on any atom is -0.439 e. The van der Waals surface area contributed by atoms with Crippen LogP contribution in [0.4, 0.5) is 4.39 Å². The summed E-state index contributed by atoms with van der Waals surface area (Å²) in [5, 5.41) is 0. The first-order valence-electron chi connectivity index (χ1n) is 8.14. The summed E-state index contributed by atoms with van der Waals surface area (Å²) < 4.78 is 18.4. The molecule has 1 aromatic carbocycles. The zero-order chi connectivity index (χ0) is 16.8. The molecule has 1 aliphatic heterocycles. The number of halogens is 2. The first kappa shape index (κ1) is 19.4. The third-order valence-corrected chi connectivity index (χ3v) is 3.94. The van der Waals surface area contributed by atoms with E-state index in [2.05, 4.69) is 14.9 Å². The topological polar surface area (TPSA) is 63.7 Å². The lowest BCUT2D eigenvalue weighted by Crippen LogP contribution is -2.40. The molecule has 0 saturated carbocycles. The van der Waals surface area contributed by atoms with E-state index in [0.717, 1.165) is 18.7 Å². The smallest absolute Gasteiger partial charge is 0.219 e. The molecule has 7 heteroatoms. The highest BCUT2D eigenvalue weighted by Gasteiger charge is 2.11. The molecule has 0 bridgehead atoms. The van der Waals surface area contributed by atoms with Crippen molar-refractivity contribution < 1.29 is 9.13 Å². The molecule has 2 heterocycles. The standard InChI is InChI=1S/C18H21FN4O.HI/c19-15-5-7-16(8-6-15)24-17-9-4-14(12-21-17)13-22-18(20)23-10-2-1-3-11-23;/h4-9,12H,1-3,10-11,13H2,(H2,20,22);1H. The minimum absolute atomic E-state index is 0. The summed E-state index contributed by atoms with van der Waals surface area (Å²) in [7, 11) is 0. The molecule has 1 saturated heterocycles. The van der Waals surface area contributed by atoms with Crippen LogP contribution in [0.1, 0.15) is 24.8 Å². The van der Waals surface area contributed by atoms with Crippen LogP contribution in [0.2, 0.25) is 0 Å². The van der Waals surface area contributed by atoms with E-state index in [1.807, 2.05) is 6.07 Å². The lowest BCUT2D eigenvalue weighted by molar-refractivity contribution is 0.338. The zero-order valence-corrected chi connectivity index (χ0v) is 16.2. The van der Waals surface area contributed by atoms with E-state index in [-0.39, 0.29) is 29.8 Å². The second-order valence-electron chi connectivity index (χ2n) is 5.78. The summed E-state index contributed by atoms with van der Waals surface area (Å²) >= 11 is 0. The second kappa shape index (κ2) is 9.55. The molecule has 0 atom stereocenters. The fourth-order valence-electron chi connectivity index (χ4n) is 2.58. The monoisotopic (exact) mass is 456 g/mol. The van der Waals surface area contributed by atoms with Gasteiger partial charge in [-0.15, -0.1) is 24.0 Å². The van der Waals surface area contributed by atoms with Gasteiger partial charge < -0.3 is 15.4 Å². The molecule has 2 N–H and O–H groups in total. The molecule has 5 nitrogen and oxygen atoms in total. The Hall–Kier alpha value is -1.90. The van der Waals surface area contributed by atoms with Gasteiger partial charge in [0.1, 0.15) is 11.6 Å². The molecule has 1 fully saturated rings. The van der Waals surface area contributed by atoms with Crippen molar-refractivity contribution in [1.29, 1.82) is 0 Å². The third kappa shape index (κ3) is 5.84. The van der Waals surface area contributed by atoms with Crippen molar-refractivity contribution in [3.63, 3.8) is 0 Å². The number of hydrogen-bond donors (Lipinski definition) is 1. The molecule has 0 spiro atoms. The van der Waals surface area contributed by atoms with Crippen molar-refractivity contribution in [3.05, 3.63) is 54.0 Å². The first-order valence-corrected chi connectivity index (χ1v) is 8.14. The number of nitrogens with zero attached hydrogens (tertiary/aromatic N) is 3. The quantitative estimate of drug-likeness (QED) is 0.430. The Kier molecular flexibility index (Phi) is 7.42. The molecular weight excluding hydrogens is 434 g/mol. The lowest BCUT2D eigenvalue weighted by Gasteiger charge is -2.27. The number of ether oxygens (including phenoxy) is 1. The molecule has 0 aliphatic carbocycles. The fourth-order valence-corrected chi connectivity index (χ4v) is 2.58. The SMILES string of the molecule is I.NC(=NCc1ccc(Oc2ccc(F)cc2)nc1)N1CCCCC1. The van der Waals surface area contributed by atoms with Crippen LogP contribution < -0.4 is 10.5 Å². The van der Waals surface area contributed by atoms with Crippen LogP contribution in [0.15, 0.2) is 47.6 Å². The van der Waals surface area contributed by atoms with Gasteiger partial charge in [-0.05, 0) is 49.1 Å². The summed E-state index contributed by atoms with van der Waals surface area (Å²) in [6, 6.07) is 9.50. The highest BCUT2D eigenvalue weighted by molar-refractivity contribution is 14.0. The predicted molar refractivity (Wildman–Crippen MR) is 107 cm³/mol. The van der Waals surface area contributed by atoms with Crippen molar-refractivity contribution in [2.75, 3.05) is 13.1 Å². The molecule has 3 rings (SSSR count). The van der Waals surface area contributed by atoms with E-state index in [4.69, 9.17) is 10.5 Å². The molecule has 1 aromatic heterocycles. The van der Waals surface area contributed by atoms with Gasteiger partial charge in [-0.1, -0.05) is 6.07 Å². The normalized spacial score (nSPS) is 14.8. The van der Waals surface area contributed by atoms with Crippen LogP contribution in [-0.2, 0) is 6.54 Å². The van der Waals surface area contributed by atoms with E-state index >= 15 is 0 Å².